The fraction of sp³-hybridized carbons (Fsp3) is 0.500. The number of hydrogen-bond donors (Lipinski definition) is 0. The molecule has 0 aliphatic heterocycles. The first-order chi connectivity index (χ1) is 3.15. The number of rotatable bonds is 0. The van der Waals surface area contributed by atoms with Gasteiger partial charge in [-0.1, -0.05) is 0 Å². The van der Waals surface area contributed by atoms with Crippen LogP contribution in [0.25, 0.3) is 0 Å². The van der Waals surface area contributed by atoms with Crippen molar-refractivity contribution in [3.05, 3.63) is 0 Å². The number of hydrogen-bond acceptors (Lipinski definition) is 1. The fourth-order valence-corrected chi connectivity index (χ4v) is 0. The molecule has 0 aliphatic carbocycles. The maximum absolute atomic E-state index is 8.68. The van der Waals surface area contributed by atoms with Gasteiger partial charge in [-0.25, -0.2) is 0 Å². The molecule has 0 rings (SSSR count). The van der Waals surface area contributed by atoms with Gasteiger partial charge in [-0.05, 0) is 0 Å². The van der Waals surface area contributed by atoms with Gasteiger partial charge in [0.05, 0.1) is 0 Å². The zero-order chi connectivity index (χ0) is 6.28. The third-order valence-corrected chi connectivity index (χ3v) is 0. The van der Waals surface area contributed by atoms with Crippen molar-refractivity contribution in [1.29, 1.82) is 0 Å². The van der Waals surface area contributed by atoms with Crippen LogP contribution in [-0.2, 0) is 15.3 Å². The van der Waals surface area contributed by atoms with Crippen LogP contribution >= 0.6 is 39.1 Å². The third-order valence-electron chi connectivity index (χ3n) is 0. The van der Waals surface area contributed by atoms with E-state index in [1.807, 2.05) is 0 Å². The molecule has 0 saturated carbocycles. The van der Waals surface area contributed by atoms with Crippen molar-refractivity contribution in [2.45, 2.75) is 6.92 Å². The maximum atomic E-state index is 8.68. The minimum atomic E-state index is -1.71. The molecule has 0 aromatic carbocycles. The monoisotopic (exact) mass is 304 g/mol. The average molecular weight is 306 g/mol. The van der Waals surface area contributed by atoms with E-state index < -0.39 is 10.5 Å². The van der Waals surface area contributed by atoms with E-state index in [9.17, 15) is 0 Å². The summed E-state index contributed by atoms with van der Waals surface area (Å²) in [7, 11) is 8.76. The number of carbonyl (C=O) groups excluding carboxylic acids is 1. The molecule has 0 aromatic rings. The van der Waals surface area contributed by atoms with Gasteiger partial charge in [0.25, 0.3) is 0 Å². The van der Waals surface area contributed by atoms with Gasteiger partial charge in [0, 0.05) is 4.79 Å². The van der Waals surface area contributed by atoms with E-state index in [-0.39, 0.29) is 0 Å². The summed E-state index contributed by atoms with van der Waals surface area (Å²) < 4.78 is 0. The van der Waals surface area contributed by atoms with Crippen molar-refractivity contribution in [3.63, 3.8) is 0 Å². The summed E-state index contributed by atoms with van der Waals surface area (Å²) in [4.78, 5) is 8.68. The number of halogens is 3. The first-order valence-corrected chi connectivity index (χ1v) is 18.4. The fourth-order valence-electron chi connectivity index (χ4n) is 0. The molecular formula is C2H3Cl2IOZn. The van der Waals surface area contributed by atoms with Gasteiger partial charge in [0.15, 0.2) is 0 Å². The average Bonchev–Trinajstić information content (AvgIpc) is 1.33. The van der Waals surface area contributed by atoms with Gasteiger partial charge < -0.3 is 0 Å². The Hall–Kier alpha value is 1.51. The minimum absolute atomic E-state index is 1.32. The van der Waals surface area contributed by atoms with Crippen molar-refractivity contribution in [2.24, 2.45) is 0 Å². The van der Waals surface area contributed by atoms with Crippen LogP contribution in [0.5, 0.6) is 0 Å². The Morgan fingerprint density at radius 3 is 1.71 bits per heavy atom. The molecule has 0 N–H and O–H groups in total. The van der Waals surface area contributed by atoms with E-state index in [1.54, 1.807) is 0 Å². The summed E-state index contributed by atoms with van der Waals surface area (Å²) in [6.07, 6.45) is 1.50. The first kappa shape index (κ1) is 11.3. The van der Waals surface area contributed by atoms with E-state index in [4.69, 9.17) is 24.2 Å². The predicted octanol–water partition coefficient (Wildman–Crippen LogP) is 2.38. The second kappa shape index (κ2) is 10.5. The molecule has 0 aliphatic rings. The van der Waals surface area contributed by atoms with Crippen LogP contribution in [-0.4, -0.2) is 6.29 Å². The van der Waals surface area contributed by atoms with Gasteiger partial charge in [-0.2, -0.15) is 0 Å². The Balaban J connectivity index is 0. The molecule has 0 aromatic heterocycles. The summed E-state index contributed by atoms with van der Waals surface area (Å²) in [6.45, 7) is 1.32. The summed E-state index contributed by atoms with van der Waals surface area (Å²) in [5, 5.41) is 0. The molecular weight excluding hydrogens is 303 g/mol. The molecule has 0 fully saturated rings. The molecule has 0 bridgehead atoms. The molecule has 0 spiro atoms. The Morgan fingerprint density at radius 1 is 1.71 bits per heavy atom. The molecule has 0 amide bonds. The van der Waals surface area contributed by atoms with Crippen molar-refractivity contribution in [3.8, 4) is 0 Å². The zero-order valence-corrected chi connectivity index (χ0v) is 10.4. The molecule has 0 unspecified atom stereocenters. The standard InChI is InChI=1S/C2H3O.2ClH.HI.Zn/c1-2-3;;;;/h1H3;3*1H;/q+1;;;;+2/p-3. The second-order valence-electron chi connectivity index (χ2n) is 0.507. The van der Waals surface area contributed by atoms with E-state index >= 15 is 0 Å². The summed E-state index contributed by atoms with van der Waals surface area (Å²) in [6, 6.07) is 0. The molecule has 7 heavy (non-hydrogen) atoms. The van der Waals surface area contributed by atoms with Gasteiger partial charge in [-0.3, -0.25) is 0 Å². The first-order valence-electron chi connectivity index (χ1n) is 1.51. The molecule has 0 radical (unpaired) electrons. The van der Waals surface area contributed by atoms with E-state index in [1.165, 1.54) is 13.2 Å². The van der Waals surface area contributed by atoms with Crippen LogP contribution < -0.4 is 0 Å². The topological polar surface area (TPSA) is 17.1 Å². The Bertz CT molecular complexity index is 39.9. The van der Waals surface area contributed by atoms with Crippen molar-refractivity contribution >= 4 is 45.4 Å². The van der Waals surface area contributed by atoms with Crippen LogP contribution in [0.4, 0.5) is 0 Å². The van der Waals surface area contributed by atoms with E-state index in [2.05, 4.69) is 19.8 Å². The Kier molecular flexibility index (Phi) is 17.0. The molecule has 0 atom stereocenters. The van der Waals surface area contributed by atoms with E-state index in [0.717, 1.165) is 0 Å². The van der Waals surface area contributed by atoms with Crippen molar-refractivity contribution in [2.75, 3.05) is 0 Å². The zero-order valence-electron chi connectivity index (χ0n) is 3.75. The van der Waals surface area contributed by atoms with Crippen LogP contribution in [0.3, 0.4) is 0 Å². The summed E-state index contributed by atoms with van der Waals surface area (Å²) >= 11 is 2.08. The summed E-state index contributed by atoms with van der Waals surface area (Å²) in [5.74, 6) is 0. The quantitative estimate of drug-likeness (QED) is 0.381. The molecule has 1 nitrogen and oxygen atoms in total. The Labute approximate surface area is 66.9 Å². The SMILES string of the molecule is C[C+]=O.[Cl][Zn-]([Cl])[I]. The van der Waals surface area contributed by atoms with Crippen LogP contribution in [0.15, 0.2) is 0 Å². The normalized spacial score (nSPS) is 5.14. The van der Waals surface area contributed by atoms with Gasteiger partial charge in [-0.15, -0.1) is 0 Å². The predicted molar refractivity (Wildman–Crippen MR) is 37.1 cm³/mol. The van der Waals surface area contributed by atoms with Crippen LogP contribution in [0, 0.1) is 0 Å². The second-order valence-corrected chi connectivity index (χ2v) is 26.1. The van der Waals surface area contributed by atoms with Crippen LogP contribution in [0.2, 0.25) is 0 Å². The van der Waals surface area contributed by atoms with Gasteiger partial charge >= 0.3 is 55.9 Å². The van der Waals surface area contributed by atoms with Crippen molar-refractivity contribution in [1.82, 2.24) is 0 Å². The van der Waals surface area contributed by atoms with Crippen LogP contribution in [0.1, 0.15) is 6.92 Å². The third kappa shape index (κ3) is 99.7. The van der Waals surface area contributed by atoms with Gasteiger partial charge in [0.1, 0.15) is 0 Å². The summed E-state index contributed by atoms with van der Waals surface area (Å²) in [5.41, 5.74) is 0. The Morgan fingerprint density at radius 2 is 1.71 bits per heavy atom. The van der Waals surface area contributed by atoms with Gasteiger partial charge in [0.2, 0.25) is 6.92 Å². The van der Waals surface area contributed by atoms with Crippen molar-refractivity contribution < 1.29 is 15.3 Å². The molecule has 5 heteroatoms. The van der Waals surface area contributed by atoms with E-state index in [0.29, 0.717) is 0 Å². The molecule has 40 valence electrons. The molecule has 0 heterocycles. The molecule has 0 saturated heterocycles.